The van der Waals surface area contributed by atoms with Gasteiger partial charge in [0, 0.05) is 25.2 Å². The molecule has 1 amide bonds. The van der Waals surface area contributed by atoms with Gasteiger partial charge in [-0.2, -0.15) is 5.26 Å². The zero-order valence-electron chi connectivity index (χ0n) is 11.9. The lowest BCUT2D eigenvalue weighted by Crippen LogP contribution is -2.36. The smallest absolute Gasteiger partial charge is 0.238 e. The molecule has 0 aliphatic heterocycles. The fourth-order valence-corrected chi connectivity index (χ4v) is 1.93. The summed E-state index contributed by atoms with van der Waals surface area (Å²) < 4.78 is 13.0. The van der Waals surface area contributed by atoms with E-state index in [0.717, 1.165) is 6.54 Å². The number of amides is 1. The fourth-order valence-electron chi connectivity index (χ4n) is 1.93. The molecule has 5 heteroatoms. The molecule has 0 aliphatic rings. The first kappa shape index (κ1) is 16.1. The van der Waals surface area contributed by atoms with Gasteiger partial charge in [0.25, 0.3) is 0 Å². The van der Waals surface area contributed by atoms with Gasteiger partial charge in [-0.1, -0.05) is 19.9 Å². The van der Waals surface area contributed by atoms with E-state index in [9.17, 15) is 9.18 Å². The Morgan fingerprint density at radius 1 is 1.50 bits per heavy atom. The molecule has 0 heterocycles. The van der Waals surface area contributed by atoms with Gasteiger partial charge in [-0.15, -0.1) is 0 Å². The van der Waals surface area contributed by atoms with E-state index in [1.54, 1.807) is 12.1 Å². The molecule has 1 N–H and O–H groups in total. The minimum Gasteiger partial charge on any atom is -0.325 e. The highest BCUT2D eigenvalue weighted by molar-refractivity contribution is 5.92. The first-order valence-electron chi connectivity index (χ1n) is 6.66. The summed E-state index contributed by atoms with van der Waals surface area (Å²) >= 11 is 0. The summed E-state index contributed by atoms with van der Waals surface area (Å²) in [7, 11) is 0. The van der Waals surface area contributed by atoms with Gasteiger partial charge in [0.05, 0.1) is 12.6 Å². The maximum absolute atomic E-state index is 13.0. The molecule has 0 bridgehead atoms. The summed E-state index contributed by atoms with van der Waals surface area (Å²) in [5.74, 6) is -0.170. The molecule has 1 rings (SSSR count). The number of hydrogen-bond donors (Lipinski definition) is 1. The maximum Gasteiger partial charge on any atom is 0.238 e. The van der Waals surface area contributed by atoms with Crippen LogP contribution in [0.15, 0.2) is 24.3 Å². The Morgan fingerprint density at radius 3 is 2.85 bits per heavy atom. The minimum atomic E-state index is -0.383. The van der Waals surface area contributed by atoms with Crippen molar-refractivity contribution in [3.63, 3.8) is 0 Å². The van der Waals surface area contributed by atoms with Crippen LogP contribution >= 0.6 is 0 Å². The molecule has 0 fully saturated rings. The molecule has 1 aromatic carbocycles. The monoisotopic (exact) mass is 277 g/mol. The Bertz CT molecular complexity index is 482. The van der Waals surface area contributed by atoms with E-state index in [4.69, 9.17) is 5.26 Å². The van der Waals surface area contributed by atoms with Gasteiger partial charge in [0.15, 0.2) is 0 Å². The predicted octanol–water partition coefficient (Wildman–Crippen LogP) is 2.64. The molecule has 0 aliphatic carbocycles. The molecule has 4 nitrogen and oxygen atoms in total. The third-order valence-corrected chi connectivity index (χ3v) is 2.64. The lowest BCUT2D eigenvalue weighted by Gasteiger charge is -2.22. The van der Waals surface area contributed by atoms with Gasteiger partial charge in [-0.3, -0.25) is 9.69 Å². The van der Waals surface area contributed by atoms with Gasteiger partial charge >= 0.3 is 0 Å². The summed E-state index contributed by atoms with van der Waals surface area (Å²) in [6.45, 7) is 5.63. The largest absolute Gasteiger partial charge is 0.325 e. The molecular weight excluding hydrogens is 257 g/mol. The lowest BCUT2D eigenvalue weighted by atomic mass is 10.2. The van der Waals surface area contributed by atoms with Crippen LogP contribution in [0, 0.1) is 23.1 Å². The van der Waals surface area contributed by atoms with Crippen molar-refractivity contribution in [1.82, 2.24) is 4.90 Å². The second-order valence-electron chi connectivity index (χ2n) is 5.10. The van der Waals surface area contributed by atoms with Crippen molar-refractivity contribution in [1.29, 1.82) is 5.26 Å². The lowest BCUT2D eigenvalue weighted by molar-refractivity contribution is -0.117. The molecular formula is C15H20FN3O. The highest BCUT2D eigenvalue weighted by Crippen LogP contribution is 2.09. The van der Waals surface area contributed by atoms with Gasteiger partial charge < -0.3 is 5.32 Å². The van der Waals surface area contributed by atoms with Gasteiger partial charge in [0.2, 0.25) is 5.91 Å². The Hall–Kier alpha value is -1.93. The van der Waals surface area contributed by atoms with Crippen molar-refractivity contribution in [2.75, 3.05) is 25.0 Å². The van der Waals surface area contributed by atoms with E-state index in [1.807, 2.05) is 4.90 Å². The topological polar surface area (TPSA) is 56.1 Å². The van der Waals surface area contributed by atoms with E-state index >= 15 is 0 Å². The quantitative estimate of drug-likeness (QED) is 0.833. The molecule has 0 saturated carbocycles. The predicted molar refractivity (Wildman–Crippen MR) is 76.5 cm³/mol. The first-order chi connectivity index (χ1) is 9.51. The van der Waals surface area contributed by atoms with Crippen molar-refractivity contribution >= 4 is 11.6 Å². The molecule has 0 unspecified atom stereocenters. The van der Waals surface area contributed by atoms with Crippen molar-refractivity contribution in [2.24, 2.45) is 5.92 Å². The molecule has 1 aromatic rings. The third-order valence-electron chi connectivity index (χ3n) is 2.64. The van der Waals surface area contributed by atoms with Crippen LogP contribution in [0.3, 0.4) is 0 Å². The summed E-state index contributed by atoms with van der Waals surface area (Å²) in [5.41, 5.74) is 0.444. The van der Waals surface area contributed by atoms with Gasteiger partial charge in [0.1, 0.15) is 5.82 Å². The number of hydrogen-bond acceptors (Lipinski definition) is 3. The average molecular weight is 277 g/mol. The Balaban J connectivity index is 2.54. The minimum absolute atomic E-state index is 0.200. The SMILES string of the molecule is CC(C)CN(CCC#N)CC(=O)Nc1cccc(F)c1. The number of nitrogens with zero attached hydrogens (tertiary/aromatic N) is 2. The Morgan fingerprint density at radius 2 is 2.25 bits per heavy atom. The molecule has 0 saturated heterocycles. The van der Waals surface area contributed by atoms with Crippen LogP contribution in [0.4, 0.5) is 10.1 Å². The number of benzene rings is 1. The summed E-state index contributed by atoms with van der Waals surface area (Å²) in [6.07, 6.45) is 0.389. The molecule has 20 heavy (non-hydrogen) atoms. The van der Waals surface area contributed by atoms with Crippen LogP contribution < -0.4 is 5.32 Å². The number of carbonyl (C=O) groups excluding carboxylic acids is 1. The third kappa shape index (κ3) is 6.30. The van der Waals surface area contributed by atoms with E-state index in [-0.39, 0.29) is 18.3 Å². The van der Waals surface area contributed by atoms with E-state index in [0.29, 0.717) is 24.6 Å². The van der Waals surface area contributed by atoms with Gasteiger partial charge in [-0.05, 0) is 24.1 Å². The van der Waals surface area contributed by atoms with Crippen molar-refractivity contribution in [3.8, 4) is 6.07 Å². The van der Waals surface area contributed by atoms with Crippen LogP contribution in [-0.2, 0) is 4.79 Å². The van der Waals surface area contributed by atoms with Crippen molar-refractivity contribution in [3.05, 3.63) is 30.1 Å². The number of anilines is 1. The van der Waals surface area contributed by atoms with Crippen LogP contribution in [0.1, 0.15) is 20.3 Å². The number of rotatable bonds is 7. The standard InChI is InChI=1S/C15H20FN3O/c1-12(2)10-19(8-4-7-17)11-15(20)18-14-6-3-5-13(16)9-14/h3,5-6,9,12H,4,8,10-11H2,1-2H3,(H,18,20). The van der Waals surface area contributed by atoms with Crippen LogP contribution in [-0.4, -0.2) is 30.4 Å². The second-order valence-corrected chi connectivity index (χ2v) is 5.10. The van der Waals surface area contributed by atoms with E-state index in [1.165, 1.54) is 12.1 Å². The second kappa shape index (κ2) is 8.28. The number of halogens is 1. The highest BCUT2D eigenvalue weighted by atomic mass is 19.1. The maximum atomic E-state index is 13.0. The van der Waals surface area contributed by atoms with E-state index < -0.39 is 0 Å². The van der Waals surface area contributed by atoms with E-state index in [2.05, 4.69) is 25.2 Å². The highest BCUT2D eigenvalue weighted by Gasteiger charge is 2.12. The Kier molecular flexibility index (Phi) is 6.68. The summed E-state index contributed by atoms with van der Waals surface area (Å²) in [4.78, 5) is 13.9. The Labute approximate surface area is 119 Å². The van der Waals surface area contributed by atoms with Crippen molar-refractivity contribution in [2.45, 2.75) is 20.3 Å². The average Bonchev–Trinajstić information content (AvgIpc) is 2.35. The zero-order valence-corrected chi connectivity index (χ0v) is 11.9. The van der Waals surface area contributed by atoms with Crippen LogP contribution in [0.2, 0.25) is 0 Å². The van der Waals surface area contributed by atoms with Crippen LogP contribution in [0.25, 0.3) is 0 Å². The normalized spacial score (nSPS) is 10.6. The summed E-state index contributed by atoms with van der Waals surface area (Å²) in [5, 5.41) is 11.3. The molecule has 108 valence electrons. The molecule has 0 atom stereocenters. The molecule has 0 radical (unpaired) electrons. The fraction of sp³-hybridized carbons (Fsp3) is 0.467. The van der Waals surface area contributed by atoms with Gasteiger partial charge in [-0.25, -0.2) is 4.39 Å². The van der Waals surface area contributed by atoms with Crippen LogP contribution in [0.5, 0.6) is 0 Å². The number of nitrogens with one attached hydrogen (secondary N) is 1. The number of carbonyl (C=O) groups is 1. The molecule has 0 aromatic heterocycles. The summed E-state index contributed by atoms with van der Waals surface area (Å²) in [6, 6.07) is 7.87. The van der Waals surface area contributed by atoms with Crippen molar-refractivity contribution < 1.29 is 9.18 Å². The number of nitriles is 1. The molecule has 0 spiro atoms. The first-order valence-corrected chi connectivity index (χ1v) is 6.66. The zero-order chi connectivity index (χ0) is 15.0.